The van der Waals surface area contributed by atoms with Gasteiger partial charge in [0.25, 0.3) is 0 Å². The maximum absolute atomic E-state index is 5.73. The third kappa shape index (κ3) is 3.50. The second-order valence-corrected chi connectivity index (χ2v) is 5.99. The van der Waals surface area contributed by atoms with Gasteiger partial charge in [-0.05, 0) is 31.0 Å². The van der Waals surface area contributed by atoms with Crippen molar-refractivity contribution < 1.29 is 4.74 Å². The van der Waals surface area contributed by atoms with Crippen LogP contribution >= 0.6 is 11.8 Å². The van der Waals surface area contributed by atoms with Gasteiger partial charge in [0.15, 0.2) is 0 Å². The fourth-order valence-corrected chi connectivity index (χ4v) is 3.74. The molecule has 2 rings (SSSR count). The van der Waals surface area contributed by atoms with Gasteiger partial charge in [0.2, 0.25) is 0 Å². The molecule has 1 aliphatic rings. The van der Waals surface area contributed by atoms with Crippen molar-refractivity contribution in [2.24, 2.45) is 0 Å². The quantitative estimate of drug-likeness (QED) is 0.765. The highest BCUT2D eigenvalue weighted by molar-refractivity contribution is 8.00. The maximum Gasteiger partial charge on any atom is 0.0630 e. The van der Waals surface area contributed by atoms with Gasteiger partial charge in [-0.15, -0.1) is 11.8 Å². The van der Waals surface area contributed by atoms with Crippen LogP contribution in [0.2, 0.25) is 0 Å². The van der Waals surface area contributed by atoms with Gasteiger partial charge in [-0.25, -0.2) is 0 Å². The Labute approximate surface area is 114 Å². The van der Waals surface area contributed by atoms with Gasteiger partial charge in [0, 0.05) is 22.8 Å². The van der Waals surface area contributed by atoms with Crippen LogP contribution in [-0.4, -0.2) is 31.1 Å². The normalized spacial score (nSPS) is 19.8. The molecule has 0 saturated carbocycles. The lowest BCUT2D eigenvalue weighted by molar-refractivity contribution is 0.111. The summed E-state index contributed by atoms with van der Waals surface area (Å²) in [7, 11) is 0. The fraction of sp³-hybridized carbons (Fsp3) is 0.600. The molecule has 0 bridgehead atoms. The minimum absolute atomic E-state index is 0.457. The topological polar surface area (TPSA) is 21.3 Å². The van der Waals surface area contributed by atoms with Crippen molar-refractivity contribution in [1.29, 1.82) is 0 Å². The number of thioether (sulfide) groups is 1. The number of fused-ring (bicyclic) bond motifs is 1. The molecule has 0 saturated heterocycles. The summed E-state index contributed by atoms with van der Waals surface area (Å²) in [6, 6.07) is 9.20. The lowest BCUT2D eigenvalue weighted by Crippen LogP contribution is -2.41. The first kappa shape index (κ1) is 13.9. The Balaban J connectivity index is 1.92. The maximum atomic E-state index is 5.73. The Morgan fingerprint density at radius 3 is 2.94 bits per heavy atom. The Morgan fingerprint density at radius 2 is 2.22 bits per heavy atom. The summed E-state index contributed by atoms with van der Waals surface area (Å²) >= 11 is 2.00. The van der Waals surface area contributed by atoms with Crippen LogP contribution in [0.1, 0.15) is 25.8 Å². The van der Waals surface area contributed by atoms with Crippen LogP contribution in [0.25, 0.3) is 0 Å². The Morgan fingerprint density at radius 1 is 1.39 bits per heavy atom. The highest BCUT2D eigenvalue weighted by atomic mass is 32.2. The van der Waals surface area contributed by atoms with Gasteiger partial charge in [-0.3, -0.25) is 0 Å². The summed E-state index contributed by atoms with van der Waals surface area (Å²) in [6.45, 7) is 7.02. The summed E-state index contributed by atoms with van der Waals surface area (Å²) in [5.41, 5.74) is 1.49. The number of hydrogen-bond donors (Lipinski definition) is 1. The molecule has 2 nitrogen and oxygen atoms in total. The van der Waals surface area contributed by atoms with E-state index in [1.807, 2.05) is 11.8 Å². The first-order valence-electron chi connectivity index (χ1n) is 6.90. The molecule has 3 heteroatoms. The van der Waals surface area contributed by atoms with E-state index in [2.05, 4.69) is 43.4 Å². The zero-order valence-corrected chi connectivity index (χ0v) is 12.1. The second-order valence-electron chi connectivity index (χ2n) is 4.71. The average molecular weight is 265 g/mol. The van der Waals surface area contributed by atoms with Crippen molar-refractivity contribution in [2.45, 2.75) is 42.9 Å². The highest BCUT2D eigenvalue weighted by Gasteiger charge is 2.28. The smallest absolute Gasteiger partial charge is 0.0630 e. The van der Waals surface area contributed by atoms with Crippen LogP contribution in [0.15, 0.2) is 29.2 Å². The minimum atomic E-state index is 0.457. The van der Waals surface area contributed by atoms with E-state index < -0.39 is 0 Å². The SMILES string of the molecule is CCCOCC(NCC)C1Cc2ccccc2S1. The van der Waals surface area contributed by atoms with Gasteiger partial charge in [-0.1, -0.05) is 32.0 Å². The summed E-state index contributed by atoms with van der Waals surface area (Å²) < 4.78 is 5.73. The molecule has 0 amide bonds. The first-order valence-corrected chi connectivity index (χ1v) is 7.78. The molecule has 1 aliphatic heterocycles. The summed E-state index contributed by atoms with van der Waals surface area (Å²) in [5.74, 6) is 0. The molecule has 0 aromatic heterocycles. The molecule has 1 N–H and O–H groups in total. The monoisotopic (exact) mass is 265 g/mol. The van der Waals surface area contributed by atoms with Gasteiger partial charge in [-0.2, -0.15) is 0 Å². The number of ether oxygens (including phenoxy) is 1. The Kier molecular flexibility index (Phi) is 5.54. The summed E-state index contributed by atoms with van der Waals surface area (Å²) in [4.78, 5) is 1.45. The molecule has 0 aliphatic carbocycles. The molecule has 100 valence electrons. The third-order valence-electron chi connectivity index (χ3n) is 3.23. The average Bonchev–Trinajstić information content (AvgIpc) is 2.81. The molecule has 0 radical (unpaired) electrons. The largest absolute Gasteiger partial charge is 0.380 e. The molecule has 1 aromatic rings. The van der Waals surface area contributed by atoms with Crippen molar-refractivity contribution in [3.05, 3.63) is 29.8 Å². The molecule has 2 atom stereocenters. The number of benzene rings is 1. The van der Waals surface area contributed by atoms with Gasteiger partial charge in [0.1, 0.15) is 0 Å². The number of rotatable bonds is 7. The van der Waals surface area contributed by atoms with E-state index in [0.29, 0.717) is 11.3 Å². The number of likely N-dealkylation sites (N-methyl/N-ethyl adjacent to an activating group) is 1. The molecule has 1 aromatic carbocycles. The van der Waals surface area contributed by atoms with Gasteiger partial charge in [0.05, 0.1) is 6.61 Å². The highest BCUT2D eigenvalue weighted by Crippen LogP contribution is 2.38. The molecular weight excluding hydrogens is 242 g/mol. The molecular formula is C15H23NOS. The molecule has 18 heavy (non-hydrogen) atoms. The van der Waals surface area contributed by atoms with E-state index in [9.17, 15) is 0 Å². The van der Waals surface area contributed by atoms with Gasteiger partial charge < -0.3 is 10.1 Å². The van der Waals surface area contributed by atoms with E-state index in [0.717, 1.165) is 32.6 Å². The summed E-state index contributed by atoms with van der Waals surface area (Å²) in [6.07, 6.45) is 2.25. The van der Waals surface area contributed by atoms with E-state index in [1.165, 1.54) is 10.5 Å². The van der Waals surface area contributed by atoms with Crippen LogP contribution in [0.4, 0.5) is 0 Å². The van der Waals surface area contributed by atoms with Crippen LogP contribution in [0.5, 0.6) is 0 Å². The lowest BCUT2D eigenvalue weighted by Gasteiger charge is -2.23. The first-order chi connectivity index (χ1) is 8.85. The fourth-order valence-electron chi connectivity index (χ4n) is 2.35. The molecule has 0 fully saturated rings. The standard InChI is InChI=1S/C15H23NOS/c1-3-9-17-11-13(16-4-2)15-10-12-7-5-6-8-14(12)18-15/h5-8,13,15-16H,3-4,9-11H2,1-2H3. The van der Waals surface area contributed by atoms with E-state index in [4.69, 9.17) is 4.74 Å². The zero-order chi connectivity index (χ0) is 12.8. The minimum Gasteiger partial charge on any atom is -0.380 e. The molecule has 2 unspecified atom stereocenters. The van der Waals surface area contributed by atoms with Gasteiger partial charge >= 0.3 is 0 Å². The molecule has 1 heterocycles. The van der Waals surface area contributed by atoms with Crippen LogP contribution in [0, 0.1) is 0 Å². The van der Waals surface area contributed by atoms with Crippen molar-refractivity contribution >= 4 is 11.8 Å². The number of nitrogens with one attached hydrogen (secondary N) is 1. The van der Waals surface area contributed by atoms with E-state index in [-0.39, 0.29) is 0 Å². The van der Waals surface area contributed by atoms with E-state index >= 15 is 0 Å². The predicted molar refractivity (Wildman–Crippen MR) is 78.4 cm³/mol. The van der Waals surface area contributed by atoms with Crippen molar-refractivity contribution in [2.75, 3.05) is 19.8 Å². The Hall–Kier alpha value is -0.510. The predicted octanol–water partition coefficient (Wildman–Crippen LogP) is 3.11. The second kappa shape index (κ2) is 7.17. The van der Waals surface area contributed by atoms with E-state index in [1.54, 1.807) is 0 Å². The lowest BCUT2D eigenvalue weighted by atomic mass is 10.1. The zero-order valence-electron chi connectivity index (χ0n) is 11.3. The van der Waals surface area contributed by atoms with Crippen molar-refractivity contribution in [3.8, 4) is 0 Å². The van der Waals surface area contributed by atoms with Crippen LogP contribution < -0.4 is 5.32 Å². The van der Waals surface area contributed by atoms with Crippen molar-refractivity contribution in [1.82, 2.24) is 5.32 Å². The molecule has 0 spiro atoms. The Bertz CT molecular complexity index is 344. The summed E-state index contributed by atoms with van der Waals surface area (Å²) in [5, 5.41) is 4.18. The van der Waals surface area contributed by atoms with Crippen molar-refractivity contribution in [3.63, 3.8) is 0 Å². The van der Waals surface area contributed by atoms with Crippen LogP contribution in [-0.2, 0) is 11.2 Å². The van der Waals surface area contributed by atoms with Crippen LogP contribution in [0.3, 0.4) is 0 Å². The third-order valence-corrected chi connectivity index (χ3v) is 4.68. The number of hydrogen-bond acceptors (Lipinski definition) is 3.